The summed E-state index contributed by atoms with van der Waals surface area (Å²) >= 11 is 0. The number of Topliss-reactive ketones (excluding diaryl/α,β-unsaturated/α-hetero) is 1. The summed E-state index contributed by atoms with van der Waals surface area (Å²) < 4.78 is 9.42. The van der Waals surface area contributed by atoms with Gasteiger partial charge in [0.1, 0.15) is 6.61 Å². The van der Waals surface area contributed by atoms with Crippen molar-refractivity contribution in [3.05, 3.63) is 35.4 Å². The third-order valence-corrected chi connectivity index (χ3v) is 2.12. The van der Waals surface area contributed by atoms with Gasteiger partial charge in [-0.05, 0) is 5.56 Å². The van der Waals surface area contributed by atoms with Gasteiger partial charge < -0.3 is 9.47 Å². The summed E-state index contributed by atoms with van der Waals surface area (Å²) in [7, 11) is 0. The summed E-state index contributed by atoms with van der Waals surface area (Å²) in [6.45, 7) is 2.48. The van der Waals surface area contributed by atoms with Crippen LogP contribution in [-0.4, -0.2) is 24.3 Å². The lowest BCUT2D eigenvalue weighted by Crippen LogP contribution is -2.11. The van der Waals surface area contributed by atoms with Gasteiger partial charge in [0, 0.05) is 19.4 Å². The van der Waals surface area contributed by atoms with Gasteiger partial charge in [-0.25, -0.2) is 0 Å². The number of hydrogen-bond acceptors (Lipinski definition) is 5. The van der Waals surface area contributed by atoms with E-state index in [1.165, 1.54) is 13.8 Å². The standard InChI is InChI=1S/C13H14O5/c1-9(14)17-7-11-3-5-12(6-4-11)13(16)8-18-10(2)15/h3-6H,7-8H2,1-2H3. The maximum Gasteiger partial charge on any atom is 0.303 e. The van der Waals surface area contributed by atoms with E-state index in [1.54, 1.807) is 24.3 Å². The van der Waals surface area contributed by atoms with E-state index in [0.717, 1.165) is 5.56 Å². The summed E-state index contributed by atoms with van der Waals surface area (Å²) in [5.41, 5.74) is 1.23. The average Bonchev–Trinajstić information content (AvgIpc) is 2.34. The molecule has 0 atom stereocenters. The van der Waals surface area contributed by atoms with E-state index in [9.17, 15) is 14.4 Å². The number of benzene rings is 1. The third-order valence-electron chi connectivity index (χ3n) is 2.12. The topological polar surface area (TPSA) is 69.7 Å². The van der Waals surface area contributed by atoms with Gasteiger partial charge in [-0.3, -0.25) is 14.4 Å². The summed E-state index contributed by atoms with van der Waals surface area (Å²) in [5, 5.41) is 0. The molecule has 0 heterocycles. The van der Waals surface area contributed by atoms with Gasteiger partial charge >= 0.3 is 11.9 Å². The van der Waals surface area contributed by atoms with Gasteiger partial charge in [0.05, 0.1) is 0 Å². The Labute approximate surface area is 105 Å². The SMILES string of the molecule is CC(=O)OCC(=O)c1ccc(COC(C)=O)cc1. The second-order valence-electron chi connectivity index (χ2n) is 3.68. The zero-order valence-corrected chi connectivity index (χ0v) is 10.3. The van der Waals surface area contributed by atoms with Crippen molar-refractivity contribution < 1.29 is 23.9 Å². The Morgan fingerprint density at radius 3 is 2.00 bits per heavy atom. The van der Waals surface area contributed by atoms with Gasteiger partial charge in [-0.15, -0.1) is 0 Å². The predicted octanol–water partition coefficient (Wildman–Crippen LogP) is 1.50. The fourth-order valence-electron chi connectivity index (χ4n) is 1.22. The summed E-state index contributed by atoms with van der Waals surface area (Å²) in [6, 6.07) is 6.57. The first-order valence-corrected chi connectivity index (χ1v) is 5.38. The second kappa shape index (κ2) is 6.54. The number of rotatable bonds is 5. The zero-order valence-electron chi connectivity index (χ0n) is 10.3. The normalized spacial score (nSPS) is 9.67. The molecule has 0 bridgehead atoms. The predicted molar refractivity (Wildman–Crippen MR) is 62.9 cm³/mol. The van der Waals surface area contributed by atoms with Gasteiger partial charge in [0.25, 0.3) is 0 Å². The number of carbonyl (C=O) groups is 3. The monoisotopic (exact) mass is 250 g/mol. The van der Waals surface area contributed by atoms with Crippen molar-refractivity contribution in [2.75, 3.05) is 6.61 Å². The Kier molecular flexibility index (Phi) is 5.05. The molecule has 0 radical (unpaired) electrons. The summed E-state index contributed by atoms with van der Waals surface area (Å²) in [4.78, 5) is 32.7. The summed E-state index contributed by atoms with van der Waals surface area (Å²) in [6.07, 6.45) is 0. The van der Waals surface area contributed by atoms with Crippen LogP contribution in [0.15, 0.2) is 24.3 Å². The maximum atomic E-state index is 11.6. The molecule has 0 aromatic heterocycles. The molecule has 1 aromatic rings. The Morgan fingerprint density at radius 1 is 0.944 bits per heavy atom. The van der Waals surface area contributed by atoms with Crippen LogP contribution in [0, 0.1) is 0 Å². The van der Waals surface area contributed by atoms with Crippen LogP contribution in [0.3, 0.4) is 0 Å². The number of carbonyl (C=O) groups excluding carboxylic acids is 3. The first kappa shape index (κ1) is 13.9. The van der Waals surface area contributed by atoms with Crippen molar-refractivity contribution in [1.82, 2.24) is 0 Å². The molecule has 0 N–H and O–H groups in total. The highest BCUT2D eigenvalue weighted by molar-refractivity contribution is 5.97. The van der Waals surface area contributed by atoms with Crippen molar-refractivity contribution >= 4 is 17.7 Å². The van der Waals surface area contributed by atoms with Gasteiger partial charge in [-0.1, -0.05) is 24.3 Å². The lowest BCUT2D eigenvalue weighted by Gasteiger charge is -2.04. The van der Waals surface area contributed by atoms with E-state index < -0.39 is 5.97 Å². The highest BCUT2D eigenvalue weighted by atomic mass is 16.5. The van der Waals surface area contributed by atoms with Gasteiger partial charge in [-0.2, -0.15) is 0 Å². The van der Waals surface area contributed by atoms with Crippen LogP contribution < -0.4 is 0 Å². The van der Waals surface area contributed by atoms with Crippen molar-refractivity contribution in [2.45, 2.75) is 20.5 Å². The minimum absolute atomic E-state index is 0.174. The van der Waals surface area contributed by atoms with Crippen LogP contribution in [0.1, 0.15) is 29.8 Å². The molecule has 0 spiro atoms. The molecule has 1 rings (SSSR count). The molecule has 0 saturated carbocycles. The molecule has 1 aromatic carbocycles. The molecule has 18 heavy (non-hydrogen) atoms. The minimum atomic E-state index is -0.491. The number of ketones is 1. The molecule has 0 saturated heterocycles. The number of ether oxygens (including phenoxy) is 2. The van der Waals surface area contributed by atoms with Crippen molar-refractivity contribution in [2.24, 2.45) is 0 Å². The molecule has 0 aliphatic carbocycles. The van der Waals surface area contributed by atoms with E-state index in [4.69, 9.17) is 4.74 Å². The molecule has 0 amide bonds. The fourth-order valence-corrected chi connectivity index (χ4v) is 1.22. The van der Waals surface area contributed by atoms with Crippen LogP contribution in [0.5, 0.6) is 0 Å². The Bertz CT molecular complexity index is 447. The Morgan fingerprint density at radius 2 is 1.50 bits per heavy atom. The van der Waals surface area contributed by atoms with Gasteiger partial charge in [0.15, 0.2) is 12.4 Å². The molecular weight excluding hydrogens is 236 g/mol. The van der Waals surface area contributed by atoms with Crippen molar-refractivity contribution in [3.63, 3.8) is 0 Å². The first-order valence-electron chi connectivity index (χ1n) is 5.38. The fraction of sp³-hybridized carbons (Fsp3) is 0.308. The van der Waals surface area contributed by atoms with Crippen molar-refractivity contribution in [3.8, 4) is 0 Å². The van der Waals surface area contributed by atoms with E-state index in [0.29, 0.717) is 5.56 Å². The lowest BCUT2D eigenvalue weighted by molar-refractivity contribution is -0.142. The minimum Gasteiger partial charge on any atom is -0.461 e. The summed E-state index contributed by atoms with van der Waals surface area (Å²) in [5.74, 6) is -1.12. The number of esters is 2. The van der Waals surface area contributed by atoms with E-state index in [1.807, 2.05) is 0 Å². The second-order valence-corrected chi connectivity index (χ2v) is 3.68. The van der Waals surface area contributed by atoms with E-state index >= 15 is 0 Å². The smallest absolute Gasteiger partial charge is 0.303 e. The molecule has 96 valence electrons. The van der Waals surface area contributed by atoms with Crippen LogP contribution in [0.2, 0.25) is 0 Å². The Balaban J connectivity index is 2.56. The highest BCUT2D eigenvalue weighted by Gasteiger charge is 2.07. The number of hydrogen-bond donors (Lipinski definition) is 0. The third kappa shape index (κ3) is 4.78. The van der Waals surface area contributed by atoms with Crippen molar-refractivity contribution in [1.29, 1.82) is 0 Å². The molecule has 5 nitrogen and oxygen atoms in total. The molecule has 0 aliphatic heterocycles. The van der Waals surface area contributed by atoms with E-state index in [-0.39, 0.29) is 25.0 Å². The molecule has 5 heteroatoms. The van der Waals surface area contributed by atoms with Crippen LogP contribution in [-0.2, 0) is 25.7 Å². The first-order chi connectivity index (χ1) is 8.49. The van der Waals surface area contributed by atoms with Gasteiger partial charge in [0.2, 0.25) is 0 Å². The molecule has 0 aliphatic rings. The van der Waals surface area contributed by atoms with Crippen LogP contribution in [0.4, 0.5) is 0 Å². The Hall–Kier alpha value is -2.17. The zero-order chi connectivity index (χ0) is 13.5. The molecule has 0 fully saturated rings. The molecule has 0 unspecified atom stereocenters. The van der Waals surface area contributed by atoms with Crippen LogP contribution >= 0.6 is 0 Å². The quantitative estimate of drug-likeness (QED) is 0.585. The molecular formula is C13H14O5. The largest absolute Gasteiger partial charge is 0.461 e. The van der Waals surface area contributed by atoms with Crippen LogP contribution in [0.25, 0.3) is 0 Å². The average molecular weight is 250 g/mol. The van der Waals surface area contributed by atoms with E-state index in [2.05, 4.69) is 4.74 Å². The highest BCUT2D eigenvalue weighted by Crippen LogP contribution is 2.07. The maximum absolute atomic E-state index is 11.6. The lowest BCUT2D eigenvalue weighted by atomic mass is 10.1.